The molecule has 1 aromatic carbocycles. The van der Waals surface area contributed by atoms with Crippen molar-refractivity contribution in [3.05, 3.63) is 50.5 Å². The lowest BCUT2D eigenvalue weighted by molar-refractivity contribution is 0.0520. The Morgan fingerprint density at radius 1 is 1.29 bits per heavy atom. The van der Waals surface area contributed by atoms with E-state index < -0.39 is 5.97 Å². The molecule has 2 aliphatic carbocycles. The highest BCUT2D eigenvalue weighted by atomic mass is 32.2. The highest BCUT2D eigenvalue weighted by Crippen LogP contribution is 2.40. The molecule has 1 aromatic heterocycles. The van der Waals surface area contributed by atoms with Gasteiger partial charge in [-0.05, 0) is 85.5 Å². The lowest BCUT2D eigenvalue weighted by Crippen LogP contribution is -2.04. The van der Waals surface area contributed by atoms with Crippen molar-refractivity contribution in [3.8, 4) is 0 Å². The molecular formula is C21H23N3O2S2. The van der Waals surface area contributed by atoms with Crippen LogP contribution in [0.15, 0.2) is 31.9 Å². The number of aryl methyl sites for hydroxylation is 2. The van der Waals surface area contributed by atoms with Crippen molar-refractivity contribution in [1.82, 2.24) is 4.98 Å². The van der Waals surface area contributed by atoms with E-state index >= 15 is 0 Å². The van der Waals surface area contributed by atoms with Crippen LogP contribution in [0.5, 0.6) is 0 Å². The third-order valence-corrected chi connectivity index (χ3v) is 6.87. The van der Waals surface area contributed by atoms with E-state index in [0.29, 0.717) is 21.7 Å². The van der Waals surface area contributed by atoms with Gasteiger partial charge in [0.25, 0.3) is 0 Å². The van der Waals surface area contributed by atoms with Crippen molar-refractivity contribution in [1.29, 1.82) is 0 Å². The first-order valence-corrected chi connectivity index (χ1v) is 11.3. The topological polar surface area (TPSA) is 77.6 Å². The number of aliphatic imine (C=N–C) groups is 1. The van der Waals surface area contributed by atoms with Crippen LogP contribution in [0.2, 0.25) is 0 Å². The van der Waals surface area contributed by atoms with E-state index in [4.69, 9.17) is 15.5 Å². The molecule has 0 atom stereocenters. The Kier molecular flexibility index (Phi) is 5.82. The van der Waals surface area contributed by atoms with Crippen LogP contribution < -0.4 is 5.73 Å². The molecular weight excluding hydrogens is 390 g/mol. The summed E-state index contributed by atoms with van der Waals surface area (Å²) in [5, 5.41) is 2.29. The fourth-order valence-corrected chi connectivity index (χ4v) is 5.48. The lowest BCUT2D eigenvalue weighted by atomic mass is 9.99. The first kappa shape index (κ1) is 19.2. The Morgan fingerprint density at radius 3 is 2.68 bits per heavy atom. The molecule has 0 bridgehead atoms. The molecule has 2 aromatic rings. The van der Waals surface area contributed by atoms with Gasteiger partial charge in [0.1, 0.15) is 0 Å². The maximum absolute atomic E-state index is 11.7. The number of rotatable bonds is 6. The summed E-state index contributed by atoms with van der Waals surface area (Å²) < 4.78 is 5.68. The van der Waals surface area contributed by atoms with Crippen LogP contribution in [0.3, 0.4) is 0 Å². The average Bonchev–Trinajstić information content (AvgIpc) is 3.41. The fourth-order valence-electron chi connectivity index (χ4n) is 3.86. The highest BCUT2D eigenvalue weighted by Gasteiger charge is 2.23. The Labute approximate surface area is 173 Å². The van der Waals surface area contributed by atoms with Crippen LogP contribution in [-0.4, -0.2) is 23.8 Å². The van der Waals surface area contributed by atoms with Crippen molar-refractivity contribution in [2.75, 3.05) is 6.61 Å². The van der Waals surface area contributed by atoms with Gasteiger partial charge in [-0.2, -0.15) is 0 Å². The zero-order valence-corrected chi connectivity index (χ0v) is 17.5. The first-order valence-electron chi connectivity index (χ1n) is 9.62. The molecule has 2 N–H and O–H groups in total. The summed E-state index contributed by atoms with van der Waals surface area (Å²) in [5.41, 5.74) is 13.4. The minimum Gasteiger partial charge on any atom is -0.461 e. The van der Waals surface area contributed by atoms with Gasteiger partial charge in [-0.15, -0.1) is 11.3 Å². The molecule has 4 rings (SSSR count). The van der Waals surface area contributed by atoms with Crippen molar-refractivity contribution in [2.24, 2.45) is 10.7 Å². The molecule has 0 saturated heterocycles. The van der Waals surface area contributed by atoms with E-state index in [1.807, 2.05) is 6.08 Å². The molecule has 0 radical (unpaired) electrons. The normalized spacial score (nSPS) is 15.8. The Morgan fingerprint density at radius 2 is 2.00 bits per heavy atom. The van der Waals surface area contributed by atoms with Crippen LogP contribution in [0.4, 0.5) is 5.69 Å². The molecule has 0 aliphatic heterocycles. The summed E-state index contributed by atoms with van der Waals surface area (Å²) in [6.45, 7) is 2.11. The second-order valence-electron chi connectivity index (χ2n) is 6.88. The SMILES string of the molecule is CCOC(=O)c1csc(SC(N)=CC=Nc2c3c(cc4c2CCC4)CCC3)n1. The molecule has 0 amide bonds. The number of carbonyl (C=O) groups excluding carboxylic acids is 1. The van der Waals surface area contributed by atoms with E-state index in [9.17, 15) is 4.79 Å². The second-order valence-corrected chi connectivity index (χ2v) is 9.05. The van der Waals surface area contributed by atoms with Crippen LogP contribution in [-0.2, 0) is 30.4 Å². The molecule has 0 unspecified atom stereocenters. The molecule has 5 nitrogen and oxygen atoms in total. The number of fused-ring (bicyclic) bond motifs is 2. The Hall–Kier alpha value is -2.12. The molecule has 2 aliphatic rings. The van der Waals surface area contributed by atoms with Crippen LogP contribution in [0.25, 0.3) is 0 Å². The van der Waals surface area contributed by atoms with E-state index in [1.165, 1.54) is 76.7 Å². The third-order valence-electron chi connectivity index (χ3n) is 5.06. The van der Waals surface area contributed by atoms with Crippen LogP contribution in [0.1, 0.15) is 52.5 Å². The number of ether oxygens (including phenoxy) is 1. The summed E-state index contributed by atoms with van der Waals surface area (Å²) in [7, 11) is 0. The van der Waals surface area contributed by atoms with Gasteiger partial charge in [0.15, 0.2) is 10.0 Å². The quantitative estimate of drug-likeness (QED) is 0.426. The zero-order chi connectivity index (χ0) is 19.5. The number of esters is 1. The van der Waals surface area contributed by atoms with Crippen molar-refractivity contribution < 1.29 is 9.53 Å². The van der Waals surface area contributed by atoms with Gasteiger partial charge in [0.05, 0.1) is 17.3 Å². The monoisotopic (exact) mass is 413 g/mol. The van der Waals surface area contributed by atoms with Gasteiger partial charge >= 0.3 is 5.97 Å². The summed E-state index contributed by atoms with van der Waals surface area (Å²) >= 11 is 2.71. The van der Waals surface area contributed by atoms with E-state index in [0.717, 1.165) is 12.8 Å². The molecule has 146 valence electrons. The molecule has 7 heteroatoms. The van der Waals surface area contributed by atoms with Gasteiger partial charge in [-0.1, -0.05) is 6.07 Å². The van der Waals surface area contributed by atoms with Crippen molar-refractivity contribution >= 4 is 41.0 Å². The Balaban J connectivity index is 1.48. The predicted molar refractivity (Wildman–Crippen MR) is 115 cm³/mol. The van der Waals surface area contributed by atoms with Crippen molar-refractivity contribution in [2.45, 2.75) is 49.8 Å². The lowest BCUT2D eigenvalue weighted by Gasteiger charge is -2.10. The smallest absolute Gasteiger partial charge is 0.357 e. The van der Waals surface area contributed by atoms with Gasteiger partial charge in [0, 0.05) is 11.6 Å². The number of aromatic nitrogens is 1. The minimum absolute atomic E-state index is 0.325. The highest BCUT2D eigenvalue weighted by molar-refractivity contribution is 8.04. The second kappa shape index (κ2) is 8.49. The summed E-state index contributed by atoms with van der Waals surface area (Å²) in [6.07, 6.45) is 10.7. The van der Waals surface area contributed by atoms with Crippen LogP contribution >= 0.6 is 23.1 Å². The number of nitrogens with two attached hydrogens (primary N) is 1. The van der Waals surface area contributed by atoms with Gasteiger partial charge < -0.3 is 10.5 Å². The van der Waals surface area contributed by atoms with Gasteiger partial charge in [-0.3, -0.25) is 4.99 Å². The van der Waals surface area contributed by atoms with E-state index in [1.54, 1.807) is 18.5 Å². The molecule has 0 saturated carbocycles. The van der Waals surface area contributed by atoms with Crippen molar-refractivity contribution in [3.63, 3.8) is 0 Å². The number of thioether (sulfide) groups is 1. The average molecular weight is 414 g/mol. The number of nitrogens with zero attached hydrogens (tertiary/aromatic N) is 2. The molecule has 0 spiro atoms. The molecule has 1 heterocycles. The zero-order valence-electron chi connectivity index (χ0n) is 15.9. The van der Waals surface area contributed by atoms with E-state index in [-0.39, 0.29) is 0 Å². The number of carbonyl (C=O) groups is 1. The molecule has 28 heavy (non-hydrogen) atoms. The maximum Gasteiger partial charge on any atom is 0.357 e. The number of benzene rings is 1. The Bertz CT molecular complexity index is 931. The fraction of sp³-hybridized carbons (Fsp3) is 0.381. The summed E-state index contributed by atoms with van der Waals surface area (Å²) in [6, 6.07) is 2.41. The number of allylic oxidation sites excluding steroid dienone is 1. The number of hydrogen-bond donors (Lipinski definition) is 1. The number of thiazole rings is 1. The third kappa shape index (κ3) is 4.00. The van der Waals surface area contributed by atoms with E-state index in [2.05, 4.69) is 11.1 Å². The minimum atomic E-state index is -0.401. The van der Waals surface area contributed by atoms with Gasteiger partial charge in [0.2, 0.25) is 0 Å². The maximum atomic E-state index is 11.7. The number of hydrogen-bond acceptors (Lipinski definition) is 7. The summed E-state index contributed by atoms with van der Waals surface area (Å²) in [5.74, 6) is -0.401. The first-order chi connectivity index (χ1) is 13.7. The van der Waals surface area contributed by atoms with Gasteiger partial charge in [-0.25, -0.2) is 9.78 Å². The molecule has 0 fully saturated rings. The van der Waals surface area contributed by atoms with Crippen LogP contribution in [0, 0.1) is 0 Å². The predicted octanol–water partition coefficient (Wildman–Crippen LogP) is 4.59. The summed E-state index contributed by atoms with van der Waals surface area (Å²) in [4.78, 5) is 20.8. The standard InChI is InChI=1S/C21H23N3O2S2/c1-2-26-20(25)17-12-27-21(24-17)28-18(22)9-10-23-19-15-7-3-5-13(15)11-14-6-4-8-16(14)19/h9-12H,2-8,22H2,1H3. The largest absolute Gasteiger partial charge is 0.461 e.